The zero-order valence-corrected chi connectivity index (χ0v) is 8.01. The first-order valence-corrected chi connectivity index (χ1v) is 3.87. The number of nitroso groups, excluding NO2 is 2. The predicted molar refractivity (Wildman–Crippen MR) is 52.0 cm³/mol. The Morgan fingerprint density at radius 1 is 1.07 bits per heavy atom. The van der Waals surface area contributed by atoms with Gasteiger partial charge in [-0.2, -0.15) is 0 Å². The molecule has 2 N–H and O–H groups in total. The average molecular weight is 212 g/mol. The summed E-state index contributed by atoms with van der Waals surface area (Å²) >= 11 is 0. The van der Waals surface area contributed by atoms with Gasteiger partial charge in [-0.25, -0.2) is 0 Å². The minimum Gasteiger partial charge on any atom is -0.503 e. The number of nitrogens with zero attached hydrogens (tertiary/aromatic N) is 2. The van der Waals surface area contributed by atoms with Crippen molar-refractivity contribution in [1.29, 1.82) is 0 Å². The van der Waals surface area contributed by atoms with E-state index in [0.717, 1.165) is 7.11 Å². The Labute approximate surface area is 84.3 Å². The molecule has 0 aliphatic heterocycles. The van der Waals surface area contributed by atoms with Crippen molar-refractivity contribution in [2.24, 2.45) is 10.4 Å². The Balaban J connectivity index is 3.72. The molecule has 1 rings (SSSR count). The van der Waals surface area contributed by atoms with Crippen LogP contribution in [0.3, 0.4) is 0 Å². The highest BCUT2D eigenvalue weighted by molar-refractivity contribution is 5.78. The summed E-state index contributed by atoms with van der Waals surface area (Å²) in [5.41, 5.74) is -0.755. The molecule has 15 heavy (non-hydrogen) atoms. The van der Waals surface area contributed by atoms with Gasteiger partial charge in [0.1, 0.15) is 0 Å². The van der Waals surface area contributed by atoms with Gasteiger partial charge in [0.05, 0.1) is 7.11 Å². The van der Waals surface area contributed by atoms with E-state index >= 15 is 0 Å². The molecule has 0 aromatic heterocycles. The maximum absolute atomic E-state index is 10.4. The second-order valence-electron chi connectivity index (χ2n) is 2.74. The fourth-order valence-electron chi connectivity index (χ4n) is 1.21. The standard InChI is InChI=1S/C8H8N2O5/c1-3-4(9-13)6(11)8(15-2)7(12)5(3)10-14/h11-12H,1-2H3. The normalized spacial score (nSPS) is 9.73. The summed E-state index contributed by atoms with van der Waals surface area (Å²) in [4.78, 5) is 20.8. The molecule has 0 amide bonds. The number of ether oxygens (including phenoxy) is 1. The van der Waals surface area contributed by atoms with Crippen LogP contribution < -0.4 is 4.74 Å². The van der Waals surface area contributed by atoms with Crippen molar-refractivity contribution >= 4 is 11.4 Å². The van der Waals surface area contributed by atoms with Crippen molar-refractivity contribution in [2.75, 3.05) is 7.11 Å². The number of phenols is 2. The smallest absolute Gasteiger partial charge is 0.207 e. The van der Waals surface area contributed by atoms with Crippen LogP contribution in [0.1, 0.15) is 5.56 Å². The van der Waals surface area contributed by atoms with Crippen LogP contribution in [-0.4, -0.2) is 17.3 Å². The number of hydrogen-bond donors (Lipinski definition) is 2. The molecule has 0 unspecified atom stereocenters. The van der Waals surface area contributed by atoms with Crippen LogP contribution in [0.4, 0.5) is 11.4 Å². The third-order valence-corrected chi connectivity index (χ3v) is 1.98. The van der Waals surface area contributed by atoms with Crippen molar-refractivity contribution in [3.05, 3.63) is 15.4 Å². The lowest BCUT2D eigenvalue weighted by Gasteiger charge is -2.10. The molecule has 0 saturated carbocycles. The molecule has 0 bridgehead atoms. The minimum atomic E-state index is -0.616. The Morgan fingerprint density at radius 2 is 1.47 bits per heavy atom. The lowest BCUT2D eigenvalue weighted by molar-refractivity contribution is 0.345. The molecule has 0 heterocycles. The molecular formula is C8H8N2O5. The van der Waals surface area contributed by atoms with E-state index in [4.69, 9.17) is 0 Å². The summed E-state index contributed by atoms with van der Waals surface area (Å²) in [6.07, 6.45) is 0. The molecule has 7 heteroatoms. The van der Waals surface area contributed by atoms with Gasteiger partial charge in [-0.15, -0.1) is 9.81 Å². The fourth-order valence-corrected chi connectivity index (χ4v) is 1.21. The third-order valence-electron chi connectivity index (χ3n) is 1.98. The van der Waals surface area contributed by atoms with E-state index in [2.05, 4.69) is 15.1 Å². The molecule has 0 aliphatic rings. The van der Waals surface area contributed by atoms with Gasteiger partial charge in [-0.1, -0.05) is 0 Å². The summed E-state index contributed by atoms with van der Waals surface area (Å²) < 4.78 is 4.62. The molecule has 7 nitrogen and oxygen atoms in total. The zero-order valence-electron chi connectivity index (χ0n) is 8.01. The number of methoxy groups -OCH3 is 1. The van der Waals surface area contributed by atoms with Crippen LogP contribution in [0, 0.1) is 16.7 Å². The number of rotatable bonds is 3. The van der Waals surface area contributed by atoms with E-state index in [9.17, 15) is 20.0 Å². The Bertz CT molecular complexity index is 395. The highest BCUT2D eigenvalue weighted by atomic mass is 16.5. The third kappa shape index (κ3) is 1.47. The molecular weight excluding hydrogens is 204 g/mol. The number of phenolic OH excluding ortho intramolecular Hbond substituents is 2. The predicted octanol–water partition coefficient (Wildman–Crippen LogP) is 2.21. The summed E-state index contributed by atoms with van der Waals surface area (Å²) in [6.45, 7) is 1.33. The second-order valence-corrected chi connectivity index (χ2v) is 2.74. The highest BCUT2D eigenvalue weighted by Gasteiger charge is 2.23. The van der Waals surface area contributed by atoms with Crippen LogP contribution >= 0.6 is 0 Å². The van der Waals surface area contributed by atoms with Gasteiger partial charge < -0.3 is 14.9 Å². The summed E-state index contributed by atoms with van der Waals surface area (Å²) in [5.74, 6) is -1.63. The number of aromatic hydroxyl groups is 2. The summed E-state index contributed by atoms with van der Waals surface area (Å²) in [6, 6.07) is 0. The summed E-state index contributed by atoms with van der Waals surface area (Å²) in [5, 5.41) is 24.0. The SMILES string of the molecule is COc1c(O)c(N=O)c(C)c(N=O)c1O. The quantitative estimate of drug-likeness (QED) is 0.746. The molecule has 0 saturated heterocycles. The Morgan fingerprint density at radius 3 is 1.73 bits per heavy atom. The first kappa shape index (κ1) is 10.9. The fraction of sp³-hybridized carbons (Fsp3) is 0.250. The van der Waals surface area contributed by atoms with E-state index in [1.165, 1.54) is 6.92 Å². The second kappa shape index (κ2) is 3.91. The highest BCUT2D eigenvalue weighted by Crippen LogP contribution is 2.51. The van der Waals surface area contributed by atoms with Crippen molar-refractivity contribution in [3.8, 4) is 17.2 Å². The molecule has 0 fully saturated rings. The van der Waals surface area contributed by atoms with E-state index in [0.29, 0.717) is 0 Å². The largest absolute Gasteiger partial charge is 0.503 e. The topological polar surface area (TPSA) is 109 Å². The molecule has 80 valence electrons. The van der Waals surface area contributed by atoms with Gasteiger partial charge in [-0.05, 0) is 17.3 Å². The molecule has 0 spiro atoms. The lowest BCUT2D eigenvalue weighted by atomic mass is 10.1. The number of hydrogen-bond acceptors (Lipinski definition) is 7. The molecule has 1 aromatic carbocycles. The van der Waals surface area contributed by atoms with Gasteiger partial charge in [0.15, 0.2) is 22.9 Å². The van der Waals surface area contributed by atoms with Gasteiger partial charge in [0, 0.05) is 5.56 Å². The van der Waals surface area contributed by atoms with E-state index in [1.54, 1.807) is 0 Å². The van der Waals surface area contributed by atoms with E-state index in [1.807, 2.05) is 0 Å². The first-order valence-electron chi connectivity index (χ1n) is 3.87. The zero-order chi connectivity index (χ0) is 11.6. The molecule has 1 aromatic rings. The van der Waals surface area contributed by atoms with Crippen LogP contribution in [-0.2, 0) is 0 Å². The maximum atomic E-state index is 10.4. The van der Waals surface area contributed by atoms with Gasteiger partial charge in [0.25, 0.3) is 0 Å². The lowest BCUT2D eigenvalue weighted by Crippen LogP contribution is -1.88. The Kier molecular flexibility index (Phi) is 2.84. The van der Waals surface area contributed by atoms with Crippen molar-refractivity contribution < 1.29 is 14.9 Å². The Hall–Kier alpha value is -2.18. The van der Waals surface area contributed by atoms with Gasteiger partial charge >= 0.3 is 0 Å². The molecule has 0 atom stereocenters. The van der Waals surface area contributed by atoms with Crippen molar-refractivity contribution in [1.82, 2.24) is 0 Å². The molecule has 0 radical (unpaired) electrons. The van der Waals surface area contributed by atoms with E-state index < -0.39 is 17.2 Å². The molecule has 0 aliphatic carbocycles. The van der Waals surface area contributed by atoms with Gasteiger partial charge in [-0.3, -0.25) is 0 Å². The van der Waals surface area contributed by atoms with Crippen LogP contribution in [0.5, 0.6) is 17.2 Å². The number of benzene rings is 1. The average Bonchev–Trinajstić information content (AvgIpc) is 2.19. The van der Waals surface area contributed by atoms with E-state index in [-0.39, 0.29) is 16.9 Å². The van der Waals surface area contributed by atoms with Crippen molar-refractivity contribution in [2.45, 2.75) is 6.92 Å². The van der Waals surface area contributed by atoms with Gasteiger partial charge in [0.2, 0.25) is 5.75 Å². The van der Waals surface area contributed by atoms with Crippen LogP contribution in [0.15, 0.2) is 10.4 Å². The first-order chi connectivity index (χ1) is 7.08. The van der Waals surface area contributed by atoms with Crippen molar-refractivity contribution in [3.63, 3.8) is 0 Å². The monoisotopic (exact) mass is 212 g/mol. The minimum absolute atomic E-state index is 0.00389. The summed E-state index contributed by atoms with van der Waals surface area (Å²) in [7, 11) is 1.16. The maximum Gasteiger partial charge on any atom is 0.207 e. The van der Waals surface area contributed by atoms with Crippen LogP contribution in [0.25, 0.3) is 0 Å². The van der Waals surface area contributed by atoms with Crippen LogP contribution in [0.2, 0.25) is 0 Å².